The van der Waals surface area contributed by atoms with E-state index in [1.807, 2.05) is 0 Å². The molecule has 1 N–H and O–H groups in total. The van der Waals surface area contributed by atoms with Crippen LogP contribution in [-0.4, -0.2) is 80.1 Å². The summed E-state index contributed by atoms with van der Waals surface area (Å²) in [5, 5.41) is 10.0. The highest BCUT2D eigenvalue weighted by atomic mass is 32.2. The summed E-state index contributed by atoms with van der Waals surface area (Å²) in [6.07, 6.45) is 2.91. The Morgan fingerprint density at radius 1 is 1.10 bits per heavy atom. The van der Waals surface area contributed by atoms with E-state index in [-0.39, 0.29) is 23.8 Å². The van der Waals surface area contributed by atoms with Crippen molar-refractivity contribution in [3.8, 4) is 5.75 Å². The lowest BCUT2D eigenvalue weighted by atomic mass is 10.2. The average Bonchev–Trinajstić information content (AvgIpc) is 2.96. The number of aliphatic hydroxyl groups excluding tert-OH is 1. The van der Waals surface area contributed by atoms with Crippen LogP contribution in [0.3, 0.4) is 0 Å². The number of likely N-dealkylation sites (tertiary alicyclic amines) is 1. The van der Waals surface area contributed by atoms with Gasteiger partial charge in [-0.3, -0.25) is 9.59 Å². The topological polar surface area (TPSA) is 113 Å². The van der Waals surface area contributed by atoms with E-state index in [2.05, 4.69) is 0 Å². The molecule has 1 aromatic carbocycles. The molecule has 1 aromatic rings. The number of hydrogen-bond donors (Lipinski definition) is 1. The van der Waals surface area contributed by atoms with Crippen LogP contribution in [0.15, 0.2) is 29.2 Å². The number of hydrogen-bond acceptors (Lipinski definition) is 7. The maximum atomic E-state index is 13.0. The molecule has 1 amide bonds. The van der Waals surface area contributed by atoms with E-state index in [0.717, 1.165) is 30.0 Å². The zero-order valence-electron chi connectivity index (χ0n) is 17.0. The van der Waals surface area contributed by atoms with Crippen molar-refractivity contribution < 1.29 is 32.6 Å². The standard InChI is InChI=1S/C20H28N2O7S/c1-28-16-6-8-17(9-7-16)30(26,27)22-13-15(23)12-18(22)20(25)29-14-19(24)21-10-4-2-3-5-11-21/h6-9,15,18,23H,2-5,10-14H2,1H3/t15?,18-/m1/s1. The van der Waals surface area contributed by atoms with Crippen LogP contribution in [0, 0.1) is 0 Å². The molecule has 9 nitrogen and oxygen atoms in total. The molecule has 0 aromatic heterocycles. The van der Waals surface area contributed by atoms with Crippen LogP contribution in [0.5, 0.6) is 5.75 Å². The minimum Gasteiger partial charge on any atom is -0.497 e. The maximum Gasteiger partial charge on any atom is 0.325 e. The zero-order chi connectivity index (χ0) is 21.7. The van der Waals surface area contributed by atoms with Gasteiger partial charge in [-0.05, 0) is 37.1 Å². The molecule has 2 saturated heterocycles. The number of carbonyl (C=O) groups excluding carboxylic acids is 2. The second-order valence-corrected chi connectivity index (χ2v) is 9.45. The Bertz CT molecular complexity index is 848. The maximum absolute atomic E-state index is 13.0. The predicted molar refractivity (Wildman–Crippen MR) is 107 cm³/mol. The lowest BCUT2D eigenvalue weighted by Gasteiger charge is -2.24. The summed E-state index contributed by atoms with van der Waals surface area (Å²) >= 11 is 0. The lowest BCUT2D eigenvalue weighted by Crippen LogP contribution is -2.43. The summed E-state index contributed by atoms with van der Waals surface area (Å²) in [5.74, 6) is -0.612. The Labute approximate surface area is 176 Å². The Morgan fingerprint density at radius 2 is 1.73 bits per heavy atom. The highest BCUT2D eigenvalue weighted by Gasteiger charge is 2.44. The van der Waals surface area contributed by atoms with Crippen LogP contribution < -0.4 is 4.74 Å². The van der Waals surface area contributed by atoms with E-state index in [1.54, 1.807) is 4.90 Å². The second-order valence-electron chi connectivity index (χ2n) is 7.56. The molecular formula is C20H28N2O7S. The van der Waals surface area contributed by atoms with Crippen LogP contribution in [-0.2, 0) is 24.3 Å². The summed E-state index contributed by atoms with van der Waals surface area (Å²) in [5.41, 5.74) is 0. The molecule has 30 heavy (non-hydrogen) atoms. The van der Waals surface area contributed by atoms with Crippen molar-refractivity contribution in [3.05, 3.63) is 24.3 Å². The molecule has 0 saturated carbocycles. The Kier molecular flexibility index (Phi) is 7.32. The van der Waals surface area contributed by atoms with Crippen LogP contribution in [0.2, 0.25) is 0 Å². The van der Waals surface area contributed by atoms with Gasteiger partial charge in [0, 0.05) is 26.1 Å². The van der Waals surface area contributed by atoms with Gasteiger partial charge in [-0.25, -0.2) is 8.42 Å². The monoisotopic (exact) mass is 440 g/mol. The van der Waals surface area contributed by atoms with Crippen LogP contribution in [0.1, 0.15) is 32.1 Å². The average molecular weight is 441 g/mol. The molecule has 2 atom stereocenters. The molecule has 3 rings (SSSR count). The van der Waals surface area contributed by atoms with Gasteiger partial charge in [-0.1, -0.05) is 12.8 Å². The molecular weight excluding hydrogens is 412 g/mol. The number of carbonyl (C=O) groups is 2. The molecule has 1 unspecified atom stereocenters. The van der Waals surface area contributed by atoms with Gasteiger partial charge in [0.25, 0.3) is 5.91 Å². The number of rotatable bonds is 6. The first kappa shape index (κ1) is 22.5. The van der Waals surface area contributed by atoms with Gasteiger partial charge in [0.15, 0.2) is 6.61 Å². The Hall–Kier alpha value is -2.17. The van der Waals surface area contributed by atoms with Crippen molar-refractivity contribution in [1.29, 1.82) is 0 Å². The molecule has 0 radical (unpaired) electrons. The van der Waals surface area contributed by atoms with Crippen LogP contribution >= 0.6 is 0 Å². The van der Waals surface area contributed by atoms with E-state index in [1.165, 1.54) is 31.4 Å². The summed E-state index contributed by atoms with van der Waals surface area (Å²) < 4.78 is 37.2. The highest BCUT2D eigenvalue weighted by Crippen LogP contribution is 2.28. The lowest BCUT2D eigenvalue weighted by molar-refractivity contribution is -0.154. The Morgan fingerprint density at radius 3 is 2.33 bits per heavy atom. The fraction of sp³-hybridized carbons (Fsp3) is 0.600. The smallest absolute Gasteiger partial charge is 0.325 e. The van der Waals surface area contributed by atoms with Gasteiger partial charge < -0.3 is 19.5 Å². The van der Waals surface area contributed by atoms with E-state index >= 15 is 0 Å². The predicted octanol–water partition coefficient (Wildman–Crippen LogP) is 0.765. The van der Waals surface area contributed by atoms with Gasteiger partial charge in [0.05, 0.1) is 18.1 Å². The van der Waals surface area contributed by atoms with Gasteiger partial charge >= 0.3 is 5.97 Å². The van der Waals surface area contributed by atoms with Gasteiger partial charge in [-0.15, -0.1) is 0 Å². The van der Waals surface area contributed by atoms with E-state index in [4.69, 9.17) is 9.47 Å². The number of ether oxygens (including phenoxy) is 2. The zero-order valence-corrected chi connectivity index (χ0v) is 17.8. The molecule has 2 aliphatic rings. The molecule has 2 fully saturated rings. The molecule has 2 aliphatic heterocycles. The Balaban J connectivity index is 1.67. The van der Waals surface area contributed by atoms with Crippen molar-refractivity contribution in [1.82, 2.24) is 9.21 Å². The van der Waals surface area contributed by atoms with E-state index in [0.29, 0.717) is 18.8 Å². The van der Waals surface area contributed by atoms with Crippen molar-refractivity contribution >= 4 is 21.9 Å². The number of benzene rings is 1. The number of β-amino-alcohol motifs (C(OH)–C–C–N with tert-alkyl or cyclic N) is 1. The van der Waals surface area contributed by atoms with Gasteiger partial charge in [0.2, 0.25) is 10.0 Å². The normalized spacial score (nSPS) is 23.1. The summed E-state index contributed by atoms with van der Waals surface area (Å²) in [6.45, 7) is 0.628. The molecule has 0 bridgehead atoms. The number of sulfonamides is 1. The molecule has 10 heteroatoms. The van der Waals surface area contributed by atoms with Gasteiger partial charge in [0.1, 0.15) is 11.8 Å². The number of nitrogens with zero attached hydrogens (tertiary/aromatic N) is 2. The number of aliphatic hydroxyl groups is 1. The van der Waals surface area contributed by atoms with Crippen molar-refractivity contribution in [2.45, 2.75) is 49.1 Å². The molecule has 0 spiro atoms. The third kappa shape index (κ3) is 5.11. The van der Waals surface area contributed by atoms with Crippen molar-refractivity contribution in [3.63, 3.8) is 0 Å². The highest BCUT2D eigenvalue weighted by molar-refractivity contribution is 7.89. The SMILES string of the molecule is COc1ccc(S(=O)(=O)N2CC(O)C[C@@H]2C(=O)OCC(=O)N2CCCCCC2)cc1. The number of methoxy groups -OCH3 is 1. The van der Waals surface area contributed by atoms with Crippen LogP contribution in [0.4, 0.5) is 0 Å². The summed E-state index contributed by atoms with van der Waals surface area (Å²) in [7, 11) is -2.56. The first-order valence-electron chi connectivity index (χ1n) is 10.1. The largest absolute Gasteiger partial charge is 0.497 e. The van der Waals surface area contributed by atoms with E-state index < -0.39 is 34.7 Å². The van der Waals surface area contributed by atoms with Gasteiger partial charge in [-0.2, -0.15) is 4.31 Å². The minimum atomic E-state index is -4.03. The second kappa shape index (κ2) is 9.76. The summed E-state index contributed by atoms with van der Waals surface area (Å²) in [4.78, 5) is 26.6. The number of amides is 1. The number of esters is 1. The molecule has 2 heterocycles. The minimum absolute atomic E-state index is 0.0177. The first-order chi connectivity index (χ1) is 14.3. The summed E-state index contributed by atoms with van der Waals surface area (Å²) in [6, 6.07) is 4.59. The van der Waals surface area contributed by atoms with Crippen molar-refractivity contribution in [2.24, 2.45) is 0 Å². The third-order valence-corrected chi connectivity index (χ3v) is 7.36. The first-order valence-corrected chi connectivity index (χ1v) is 11.6. The van der Waals surface area contributed by atoms with E-state index in [9.17, 15) is 23.1 Å². The fourth-order valence-electron chi connectivity index (χ4n) is 3.79. The quantitative estimate of drug-likeness (QED) is 0.650. The third-order valence-electron chi connectivity index (χ3n) is 5.47. The fourth-order valence-corrected chi connectivity index (χ4v) is 5.41. The molecule has 166 valence electrons. The van der Waals surface area contributed by atoms with Crippen molar-refractivity contribution in [2.75, 3.05) is 33.4 Å². The molecule has 0 aliphatic carbocycles. The van der Waals surface area contributed by atoms with Crippen LogP contribution in [0.25, 0.3) is 0 Å².